The zero-order valence-corrected chi connectivity index (χ0v) is 12.4. The molecule has 0 aromatic heterocycles. The van der Waals surface area contributed by atoms with Gasteiger partial charge >= 0.3 is 11.9 Å². The zero-order chi connectivity index (χ0) is 16.3. The molecule has 0 unspecified atom stereocenters. The maximum Gasteiger partial charge on any atom is 0.335 e. The van der Waals surface area contributed by atoms with Gasteiger partial charge in [-0.1, -0.05) is 4.89 Å². The van der Waals surface area contributed by atoms with Crippen LogP contribution in [0, 0.1) is 0 Å². The average Bonchev–Trinajstić information content (AvgIpc) is 2.45. The SMILES string of the molecule is O=C(O)CONS(=O)(=O)c1cc(C(=O)O)cc2c1CCCC2. The van der Waals surface area contributed by atoms with Crippen LogP contribution in [0.2, 0.25) is 0 Å². The normalized spacial score (nSPS) is 14.4. The summed E-state index contributed by atoms with van der Waals surface area (Å²) in [6, 6.07) is 2.55. The van der Waals surface area contributed by atoms with Crippen molar-refractivity contribution in [3.8, 4) is 0 Å². The number of rotatable bonds is 6. The molecule has 9 heteroatoms. The molecular formula is C13H15NO7S. The fraction of sp³-hybridized carbons (Fsp3) is 0.385. The van der Waals surface area contributed by atoms with Gasteiger partial charge in [0.1, 0.15) is 0 Å². The molecule has 0 bridgehead atoms. The third kappa shape index (κ3) is 3.62. The van der Waals surface area contributed by atoms with E-state index in [0.29, 0.717) is 24.0 Å². The Balaban J connectivity index is 2.41. The van der Waals surface area contributed by atoms with Gasteiger partial charge in [0.05, 0.1) is 10.5 Å². The van der Waals surface area contributed by atoms with Gasteiger partial charge in [-0.15, -0.1) is 0 Å². The van der Waals surface area contributed by atoms with Crippen LogP contribution in [0.4, 0.5) is 0 Å². The minimum absolute atomic E-state index is 0.126. The minimum atomic E-state index is -4.15. The maximum absolute atomic E-state index is 12.2. The van der Waals surface area contributed by atoms with E-state index in [2.05, 4.69) is 4.84 Å². The molecule has 0 radical (unpaired) electrons. The van der Waals surface area contributed by atoms with Crippen molar-refractivity contribution < 1.29 is 33.1 Å². The van der Waals surface area contributed by atoms with E-state index in [4.69, 9.17) is 10.2 Å². The smallest absolute Gasteiger partial charge is 0.335 e. The van der Waals surface area contributed by atoms with E-state index in [9.17, 15) is 18.0 Å². The molecule has 1 aromatic rings. The van der Waals surface area contributed by atoms with Crippen LogP contribution >= 0.6 is 0 Å². The zero-order valence-electron chi connectivity index (χ0n) is 11.5. The van der Waals surface area contributed by atoms with Crippen molar-refractivity contribution in [1.82, 2.24) is 4.89 Å². The topological polar surface area (TPSA) is 130 Å². The summed E-state index contributed by atoms with van der Waals surface area (Å²) in [4.78, 5) is 27.5. The molecule has 0 fully saturated rings. The molecule has 0 aliphatic heterocycles. The van der Waals surface area contributed by atoms with Crippen molar-refractivity contribution in [1.29, 1.82) is 0 Å². The molecule has 8 nitrogen and oxygen atoms in total. The van der Waals surface area contributed by atoms with Gasteiger partial charge in [-0.25, -0.2) is 18.0 Å². The highest BCUT2D eigenvalue weighted by Gasteiger charge is 2.25. The Kier molecular flexibility index (Phi) is 4.79. The van der Waals surface area contributed by atoms with Crippen LogP contribution < -0.4 is 4.89 Å². The number of hydrogen-bond donors (Lipinski definition) is 3. The molecule has 3 N–H and O–H groups in total. The molecule has 0 atom stereocenters. The summed E-state index contributed by atoms with van der Waals surface area (Å²) in [5.41, 5.74) is 1.12. The van der Waals surface area contributed by atoms with E-state index in [-0.39, 0.29) is 10.5 Å². The fourth-order valence-corrected chi connectivity index (χ4v) is 3.55. The summed E-state index contributed by atoms with van der Waals surface area (Å²) in [6.45, 7) is -0.833. The van der Waals surface area contributed by atoms with Crippen LogP contribution in [0.25, 0.3) is 0 Å². The van der Waals surface area contributed by atoms with Gasteiger partial charge in [0.2, 0.25) is 0 Å². The van der Waals surface area contributed by atoms with Crippen LogP contribution in [0.15, 0.2) is 17.0 Å². The van der Waals surface area contributed by atoms with Crippen molar-refractivity contribution in [2.24, 2.45) is 0 Å². The number of carboxylic acids is 2. The first kappa shape index (κ1) is 16.4. The molecule has 0 spiro atoms. The maximum atomic E-state index is 12.2. The number of carboxylic acid groups (broad SMARTS) is 2. The van der Waals surface area contributed by atoms with E-state index in [1.807, 2.05) is 0 Å². The molecule has 120 valence electrons. The highest BCUT2D eigenvalue weighted by atomic mass is 32.2. The molecule has 0 saturated heterocycles. The van der Waals surface area contributed by atoms with Crippen molar-refractivity contribution in [2.45, 2.75) is 30.6 Å². The molecule has 0 saturated carbocycles. The Bertz CT molecular complexity index is 711. The lowest BCUT2D eigenvalue weighted by atomic mass is 9.90. The number of sulfonamides is 1. The molecule has 0 amide bonds. The van der Waals surface area contributed by atoms with Gasteiger partial charge in [0, 0.05) is 0 Å². The minimum Gasteiger partial charge on any atom is -0.479 e. The van der Waals surface area contributed by atoms with Gasteiger partial charge in [-0.2, -0.15) is 0 Å². The van der Waals surface area contributed by atoms with Gasteiger partial charge < -0.3 is 10.2 Å². The Morgan fingerprint density at radius 3 is 2.50 bits per heavy atom. The number of hydrogen-bond acceptors (Lipinski definition) is 5. The number of aromatic carboxylic acids is 1. The summed E-state index contributed by atoms with van der Waals surface area (Å²) < 4.78 is 24.5. The molecule has 2 rings (SSSR count). The lowest BCUT2D eigenvalue weighted by Crippen LogP contribution is -2.28. The molecule has 22 heavy (non-hydrogen) atoms. The van der Waals surface area contributed by atoms with E-state index in [0.717, 1.165) is 18.9 Å². The van der Waals surface area contributed by atoms with Gasteiger partial charge in [-0.05, 0) is 48.9 Å². The molecule has 1 aliphatic carbocycles. The van der Waals surface area contributed by atoms with Crippen molar-refractivity contribution in [3.63, 3.8) is 0 Å². The second-order valence-corrected chi connectivity index (χ2v) is 6.51. The molecular weight excluding hydrogens is 314 g/mol. The highest BCUT2D eigenvalue weighted by molar-refractivity contribution is 7.89. The predicted molar refractivity (Wildman–Crippen MR) is 74.0 cm³/mol. The Morgan fingerprint density at radius 1 is 1.18 bits per heavy atom. The third-order valence-corrected chi connectivity index (χ3v) is 4.61. The molecule has 1 aromatic carbocycles. The number of aliphatic carboxylic acids is 1. The standard InChI is InChI=1S/C13H15NO7S/c15-12(16)7-21-14-22(19,20)11-6-9(13(17)18)5-8-3-1-2-4-10(8)11/h5-6,14H,1-4,7H2,(H,15,16)(H,17,18). The number of nitrogens with one attached hydrogen (secondary N) is 1. The third-order valence-electron chi connectivity index (χ3n) is 3.33. The Morgan fingerprint density at radius 2 is 1.86 bits per heavy atom. The van der Waals surface area contributed by atoms with Crippen LogP contribution in [0.1, 0.15) is 34.3 Å². The van der Waals surface area contributed by atoms with Crippen LogP contribution in [-0.4, -0.2) is 37.2 Å². The first-order valence-electron chi connectivity index (χ1n) is 6.56. The van der Waals surface area contributed by atoms with E-state index in [1.54, 1.807) is 4.89 Å². The second-order valence-electron chi connectivity index (χ2n) is 4.89. The lowest BCUT2D eigenvalue weighted by Gasteiger charge is -2.20. The quantitative estimate of drug-likeness (QED) is 0.650. The largest absolute Gasteiger partial charge is 0.479 e. The Hall–Kier alpha value is -1.97. The number of aryl methyl sites for hydroxylation is 1. The number of benzene rings is 1. The van der Waals surface area contributed by atoms with E-state index < -0.39 is 28.6 Å². The van der Waals surface area contributed by atoms with E-state index >= 15 is 0 Å². The number of carbonyl (C=O) groups is 2. The highest BCUT2D eigenvalue weighted by Crippen LogP contribution is 2.29. The van der Waals surface area contributed by atoms with Crippen LogP contribution in [0.3, 0.4) is 0 Å². The predicted octanol–water partition coefficient (Wildman–Crippen LogP) is 0.558. The Labute approximate surface area is 126 Å². The van der Waals surface area contributed by atoms with Crippen molar-refractivity contribution in [3.05, 3.63) is 28.8 Å². The summed E-state index contributed by atoms with van der Waals surface area (Å²) in [5, 5.41) is 17.6. The van der Waals surface area contributed by atoms with E-state index in [1.165, 1.54) is 6.07 Å². The monoisotopic (exact) mass is 329 g/mol. The average molecular weight is 329 g/mol. The molecule has 0 heterocycles. The van der Waals surface area contributed by atoms with Gasteiger partial charge in [0.15, 0.2) is 6.61 Å². The van der Waals surface area contributed by atoms with Crippen LogP contribution in [-0.2, 0) is 32.5 Å². The lowest BCUT2D eigenvalue weighted by molar-refractivity contribution is -0.143. The first-order chi connectivity index (χ1) is 10.3. The summed E-state index contributed by atoms with van der Waals surface area (Å²) >= 11 is 0. The summed E-state index contributed by atoms with van der Waals surface area (Å²) in [5.74, 6) is -2.56. The number of fused-ring (bicyclic) bond motifs is 1. The van der Waals surface area contributed by atoms with Crippen LogP contribution in [0.5, 0.6) is 0 Å². The molecule has 1 aliphatic rings. The van der Waals surface area contributed by atoms with Crippen molar-refractivity contribution >= 4 is 22.0 Å². The summed E-state index contributed by atoms with van der Waals surface area (Å²) in [7, 11) is -4.15. The second kappa shape index (κ2) is 6.42. The first-order valence-corrected chi connectivity index (χ1v) is 8.04. The van der Waals surface area contributed by atoms with Gasteiger partial charge in [-0.3, -0.25) is 4.84 Å². The van der Waals surface area contributed by atoms with Crippen molar-refractivity contribution in [2.75, 3.05) is 6.61 Å². The summed E-state index contributed by atoms with van der Waals surface area (Å²) in [6.07, 6.45) is 2.79. The van der Waals surface area contributed by atoms with Gasteiger partial charge in [0.25, 0.3) is 10.0 Å². The fourth-order valence-electron chi connectivity index (χ4n) is 2.40.